The largest absolute Gasteiger partial charge is 0.341 e. The van der Waals surface area contributed by atoms with Crippen LogP contribution in [0.15, 0.2) is 0 Å². The number of sulfone groups is 1. The van der Waals surface area contributed by atoms with Crippen LogP contribution in [0, 0.1) is 0 Å². The van der Waals surface area contributed by atoms with Crippen molar-refractivity contribution in [3.63, 3.8) is 0 Å². The van der Waals surface area contributed by atoms with Crippen molar-refractivity contribution in [2.75, 3.05) is 44.7 Å². The van der Waals surface area contributed by atoms with Crippen molar-refractivity contribution >= 4 is 15.7 Å². The molecule has 2 aliphatic rings. The number of hydrogen-bond acceptors (Lipinski definition) is 5. The van der Waals surface area contributed by atoms with Crippen molar-refractivity contribution in [1.82, 2.24) is 15.1 Å². The maximum atomic E-state index is 12.2. The summed E-state index contributed by atoms with van der Waals surface area (Å²) in [7, 11) is -1.21. The van der Waals surface area contributed by atoms with Crippen LogP contribution in [0.25, 0.3) is 0 Å². The molecule has 0 bridgehead atoms. The number of piperazine rings is 1. The number of nitrogens with zero attached hydrogens (tertiary/aromatic N) is 2. The number of amides is 1. The Kier molecular flexibility index (Phi) is 4.47. The zero-order chi connectivity index (χ0) is 14.0. The molecule has 1 unspecified atom stereocenters. The highest BCUT2D eigenvalue weighted by Crippen LogP contribution is 2.16. The average molecular weight is 289 g/mol. The fourth-order valence-electron chi connectivity index (χ4n) is 2.74. The van der Waals surface area contributed by atoms with E-state index in [1.807, 2.05) is 0 Å². The topological polar surface area (TPSA) is 69.7 Å². The van der Waals surface area contributed by atoms with Gasteiger partial charge in [-0.2, -0.15) is 0 Å². The predicted molar refractivity (Wildman–Crippen MR) is 73.7 cm³/mol. The Morgan fingerprint density at radius 3 is 2.79 bits per heavy atom. The molecule has 0 aromatic rings. The fourth-order valence-corrected chi connectivity index (χ4v) is 4.52. The predicted octanol–water partition coefficient (Wildman–Crippen LogP) is -1.07. The Morgan fingerprint density at radius 1 is 1.47 bits per heavy atom. The van der Waals surface area contributed by atoms with Gasteiger partial charge in [-0.25, -0.2) is 8.42 Å². The van der Waals surface area contributed by atoms with Crippen LogP contribution in [0.4, 0.5) is 0 Å². The van der Waals surface area contributed by atoms with Crippen LogP contribution in [-0.2, 0) is 14.6 Å². The SMILES string of the molecule is C[C@@H]1CN(CC(=O)N(C)C2CCS(=O)(=O)C2)CCN1. The molecule has 6 nitrogen and oxygen atoms in total. The second kappa shape index (κ2) is 5.76. The molecule has 0 radical (unpaired) electrons. The molecule has 110 valence electrons. The quantitative estimate of drug-likeness (QED) is 0.716. The molecule has 0 spiro atoms. The highest BCUT2D eigenvalue weighted by Gasteiger charge is 2.33. The van der Waals surface area contributed by atoms with Crippen LogP contribution < -0.4 is 5.32 Å². The molecule has 19 heavy (non-hydrogen) atoms. The number of nitrogens with one attached hydrogen (secondary N) is 1. The van der Waals surface area contributed by atoms with Gasteiger partial charge in [-0.15, -0.1) is 0 Å². The lowest BCUT2D eigenvalue weighted by Crippen LogP contribution is -2.52. The molecule has 0 saturated carbocycles. The third-order valence-electron chi connectivity index (χ3n) is 3.96. The molecule has 0 aliphatic carbocycles. The Morgan fingerprint density at radius 2 is 2.21 bits per heavy atom. The van der Waals surface area contributed by atoms with E-state index >= 15 is 0 Å². The number of likely N-dealkylation sites (N-methyl/N-ethyl adjacent to an activating group) is 1. The molecule has 0 aromatic carbocycles. The minimum absolute atomic E-state index is 0.0243. The Balaban J connectivity index is 1.86. The van der Waals surface area contributed by atoms with Gasteiger partial charge in [0.2, 0.25) is 5.91 Å². The van der Waals surface area contributed by atoms with Gasteiger partial charge in [0.05, 0.1) is 18.1 Å². The monoisotopic (exact) mass is 289 g/mol. The lowest BCUT2D eigenvalue weighted by molar-refractivity contribution is -0.133. The first-order valence-corrected chi connectivity index (χ1v) is 8.61. The summed E-state index contributed by atoms with van der Waals surface area (Å²) in [5, 5.41) is 3.33. The highest BCUT2D eigenvalue weighted by molar-refractivity contribution is 7.91. The van der Waals surface area contributed by atoms with Gasteiger partial charge in [-0.05, 0) is 13.3 Å². The maximum absolute atomic E-state index is 12.2. The van der Waals surface area contributed by atoms with Gasteiger partial charge in [-0.3, -0.25) is 9.69 Å². The average Bonchev–Trinajstić information content (AvgIpc) is 2.68. The van der Waals surface area contributed by atoms with Gasteiger partial charge < -0.3 is 10.2 Å². The standard InChI is InChI=1S/C12H23N3O3S/c1-10-7-15(5-4-13-10)8-12(16)14(2)11-3-6-19(17,18)9-11/h10-11,13H,3-9H2,1-2H3/t10-,11?/m1/s1. The van der Waals surface area contributed by atoms with Crippen LogP contribution in [0.3, 0.4) is 0 Å². The maximum Gasteiger partial charge on any atom is 0.236 e. The van der Waals surface area contributed by atoms with Crippen molar-refractivity contribution in [3.05, 3.63) is 0 Å². The lowest BCUT2D eigenvalue weighted by Gasteiger charge is -2.33. The Hall–Kier alpha value is -0.660. The summed E-state index contributed by atoms with van der Waals surface area (Å²) in [6.07, 6.45) is 0.572. The molecule has 2 rings (SSSR count). The lowest BCUT2D eigenvalue weighted by atomic mass is 10.2. The summed E-state index contributed by atoms with van der Waals surface area (Å²) in [5.41, 5.74) is 0. The van der Waals surface area contributed by atoms with Gasteiger partial charge >= 0.3 is 0 Å². The van der Waals surface area contributed by atoms with Gasteiger partial charge in [0.25, 0.3) is 0 Å². The van der Waals surface area contributed by atoms with Gasteiger partial charge in [0.15, 0.2) is 9.84 Å². The molecule has 2 aliphatic heterocycles. The Bertz CT molecular complexity index is 438. The molecule has 7 heteroatoms. The summed E-state index contributed by atoms with van der Waals surface area (Å²) in [4.78, 5) is 15.9. The molecule has 1 amide bonds. The third kappa shape index (κ3) is 3.90. The first-order valence-electron chi connectivity index (χ1n) is 6.79. The van der Waals surface area contributed by atoms with Crippen molar-refractivity contribution < 1.29 is 13.2 Å². The molecule has 0 aromatic heterocycles. The summed E-state index contributed by atoms with van der Waals surface area (Å²) >= 11 is 0. The summed E-state index contributed by atoms with van der Waals surface area (Å²) < 4.78 is 22.9. The molecule has 2 atom stereocenters. The first kappa shape index (κ1) is 14.7. The zero-order valence-corrected chi connectivity index (χ0v) is 12.4. The van der Waals surface area contributed by atoms with E-state index < -0.39 is 9.84 Å². The van der Waals surface area contributed by atoms with E-state index in [4.69, 9.17) is 0 Å². The fraction of sp³-hybridized carbons (Fsp3) is 0.917. The van der Waals surface area contributed by atoms with Crippen molar-refractivity contribution in [1.29, 1.82) is 0 Å². The van der Waals surface area contributed by atoms with Crippen LogP contribution in [-0.4, -0.2) is 80.9 Å². The van der Waals surface area contributed by atoms with E-state index in [1.165, 1.54) is 0 Å². The normalized spacial score (nSPS) is 31.3. The summed E-state index contributed by atoms with van der Waals surface area (Å²) in [5.74, 6) is 0.351. The van der Waals surface area contributed by atoms with Crippen LogP contribution in [0.5, 0.6) is 0 Å². The molecule has 2 saturated heterocycles. The molecular weight excluding hydrogens is 266 g/mol. The number of carbonyl (C=O) groups excluding carboxylic acids is 1. The Labute approximate surface area is 115 Å². The summed E-state index contributed by atoms with van der Waals surface area (Å²) in [6.45, 7) is 5.12. The van der Waals surface area contributed by atoms with E-state index in [0.29, 0.717) is 19.0 Å². The summed E-state index contributed by atoms with van der Waals surface area (Å²) in [6, 6.07) is 0.261. The van der Waals surface area contributed by atoms with Crippen LogP contribution >= 0.6 is 0 Å². The minimum Gasteiger partial charge on any atom is -0.341 e. The van der Waals surface area contributed by atoms with E-state index in [9.17, 15) is 13.2 Å². The van der Waals surface area contributed by atoms with Crippen molar-refractivity contribution in [2.45, 2.75) is 25.4 Å². The smallest absolute Gasteiger partial charge is 0.236 e. The van der Waals surface area contributed by atoms with Gasteiger partial charge in [0.1, 0.15) is 0 Å². The molecular formula is C12H23N3O3S. The van der Waals surface area contributed by atoms with E-state index in [1.54, 1.807) is 11.9 Å². The van der Waals surface area contributed by atoms with Crippen LogP contribution in [0.1, 0.15) is 13.3 Å². The molecule has 1 N–H and O–H groups in total. The number of rotatable bonds is 3. The first-order chi connectivity index (χ1) is 8.87. The minimum atomic E-state index is -2.93. The van der Waals surface area contributed by atoms with Crippen LogP contribution in [0.2, 0.25) is 0 Å². The molecule has 2 heterocycles. The van der Waals surface area contributed by atoms with Crippen molar-refractivity contribution in [2.24, 2.45) is 0 Å². The zero-order valence-electron chi connectivity index (χ0n) is 11.6. The molecule has 2 fully saturated rings. The second-order valence-corrected chi connectivity index (χ2v) is 7.88. The number of hydrogen-bond donors (Lipinski definition) is 1. The van der Waals surface area contributed by atoms with E-state index in [0.717, 1.165) is 19.6 Å². The number of carbonyl (C=O) groups is 1. The highest BCUT2D eigenvalue weighted by atomic mass is 32.2. The second-order valence-electron chi connectivity index (χ2n) is 5.65. The third-order valence-corrected chi connectivity index (χ3v) is 5.71. The van der Waals surface area contributed by atoms with Gasteiger partial charge in [-0.1, -0.05) is 0 Å². The van der Waals surface area contributed by atoms with E-state index in [2.05, 4.69) is 17.1 Å². The van der Waals surface area contributed by atoms with Gasteiger partial charge in [0, 0.05) is 38.8 Å². The van der Waals surface area contributed by atoms with E-state index in [-0.39, 0.29) is 23.5 Å². The van der Waals surface area contributed by atoms with Crippen molar-refractivity contribution in [3.8, 4) is 0 Å².